The van der Waals surface area contributed by atoms with Crippen molar-refractivity contribution >= 4 is 48.6 Å². The lowest BCUT2D eigenvalue weighted by atomic mass is 9.48. The van der Waals surface area contributed by atoms with Crippen LogP contribution in [0.15, 0.2) is 29.9 Å². The molecule has 1 unspecified atom stereocenters. The van der Waals surface area contributed by atoms with E-state index in [1.807, 2.05) is 12.2 Å². The van der Waals surface area contributed by atoms with Crippen molar-refractivity contribution in [3.05, 3.63) is 35.4 Å². The first-order chi connectivity index (χ1) is 16.8. The van der Waals surface area contributed by atoms with E-state index in [-0.39, 0.29) is 71.0 Å². The minimum atomic E-state index is -0.874. The Labute approximate surface area is 237 Å². The predicted molar refractivity (Wildman–Crippen MR) is 152 cm³/mol. The summed E-state index contributed by atoms with van der Waals surface area (Å²) in [7, 11) is 1.42. The van der Waals surface area contributed by atoms with Gasteiger partial charge in [0.15, 0.2) is 17.3 Å². The Balaban J connectivity index is 0.00000361. The van der Waals surface area contributed by atoms with Crippen molar-refractivity contribution in [3.63, 3.8) is 0 Å². The van der Waals surface area contributed by atoms with Gasteiger partial charge in [-0.05, 0) is 58.9 Å². The summed E-state index contributed by atoms with van der Waals surface area (Å²) < 4.78 is 16.6. The summed E-state index contributed by atoms with van der Waals surface area (Å²) in [6.07, 6.45) is 6.29. The average Bonchev–Trinajstić information content (AvgIpc) is 2.81. The molecule has 8 nitrogen and oxygen atoms in total. The molecule has 4 rings (SSSR count). The van der Waals surface area contributed by atoms with Crippen molar-refractivity contribution in [2.24, 2.45) is 40.6 Å². The van der Waals surface area contributed by atoms with Crippen LogP contribution in [0.3, 0.4) is 0 Å². The van der Waals surface area contributed by atoms with Crippen molar-refractivity contribution in [1.82, 2.24) is 0 Å². The molecule has 1 saturated carbocycles. The van der Waals surface area contributed by atoms with Crippen LogP contribution in [0.1, 0.15) is 53.5 Å². The van der Waals surface area contributed by atoms with Gasteiger partial charge in [0.25, 0.3) is 0 Å². The lowest BCUT2D eigenvalue weighted by Gasteiger charge is -2.54. The van der Waals surface area contributed by atoms with Crippen LogP contribution < -0.4 is 25.7 Å². The predicted octanol–water partition coefficient (Wildman–Crippen LogP) is 4.50. The van der Waals surface area contributed by atoms with Crippen LogP contribution in [0, 0.1) is 29.1 Å². The lowest BCUT2D eigenvalue weighted by Crippen LogP contribution is -2.52. The van der Waals surface area contributed by atoms with E-state index >= 15 is 0 Å². The fraction of sp³-hybridized carbons (Fsp3) is 0.536. The Bertz CT molecular complexity index is 1110. The van der Waals surface area contributed by atoms with E-state index in [0.717, 1.165) is 12.0 Å². The molecule has 4 N–H and O–H groups in total. The van der Waals surface area contributed by atoms with E-state index in [2.05, 4.69) is 13.8 Å². The number of hydrogen-bond acceptors (Lipinski definition) is 8. The molecule has 0 amide bonds. The number of halogens is 2. The number of fused-ring (bicyclic) bond motifs is 1. The molecule has 10 heteroatoms. The number of nitrogens with two attached hydrogens (primary N) is 2. The smallest absolute Gasteiger partial charge is 0.328 e. The Morgan fingerprint density at radius 2 is 1.45 bits per heavy atom. The fourth-order valence-electron chi connectivity index (χ4n) is 4.61. The van der Waals surface area contributed by atoms with E-state index in [0.29, 0.717) is 11.5 Å². The van der Waals surface area contributed by atoms with Crippen LogP contribution in [0.25, 0.3) is 6.08 Å². The molecule has 0 aromatic heterocycles. The Morgan fingerprint density at radius 3 is 1.92 bits per heavy atom. The monoisotopic (exact) mass is 570 g/mol. The second-order valence-corrected chi connectivity index (χ2v) is 11.0. The van der Waals surface area contributed by atoms with Gasteiger partial charge in [0.2, 0.25) is 5.75 Å². The van der Waals surface area contributed by atoms with Crippen LogP contribution in [-0.4, -0.2) is 36.9 Å². The Kier molecular flexibility index (Phi) is 11.6. The summed E-state index contributed by atoms with van der Waals surface area (Å²) in [4.78, 5) is 37.8. The van der Waals surface area contributed by atoms with Gasteiger partial charge >= 0.3 is 11.9 Å². The fourth-order valence-corrected chi connectivity index (χ4v) is 4.61. The van der Waals surface area contributed by atoms with Crippen LogP contribution in [0.2, 0.25) is 0 Å². The number of benzene rings is 1. The van der Waals surface area contributed by atoms with Gasteiger partial charge in [-0.25, -0.2) is 9.59 Å². The van der Waals surface area contributed by atoms with Gasteiger partial charge in [-0.2, -0.15) is 0 Å². The van der Waals surface area contributed by atoms with Crippen molar-refractivity contribution in [1.29, 1.82) is 0 Å². The summed E-state index contributed by atoms with van der Waals surface area (Å²) in [5.41, 5.74) is 13.5. The van der Waals surface area contributed by atoms with Crippen LogP contribution in [-0.2, 0) is 14.4 Å². The highest BCUT2D eigenvalue weighted by Crippen LogP contribution is 2.58. The molecular formula is C28H40Cl2N2O6. The van der Waals surface area contributed by atoms with E-state index in [1.165, 1.54) is 7.11 Å². The molecular weight excluding hydrogens is 531 g/mol. The highest BCUT2D eigenvalue weighted by Gasteiger charge is 2.54. The van der Waals surface area contributed by atoms with Gasteiger partial charge in [0.05, 0.1) is 7.11 Å². The van der Waals surface area contributed by atoms with Gasteiger partial charge in [0.1, 0.15) is 12.1 Å². The molecule has 1 aromatic rings. The number of carbonyl (C=O) groups excluding carboxylic acids is 3. The molecule has 4 atom stereocenters. The number of hydrogen-bond donors (Lipinski definition) is 2. The molecule has 3 aliphatic rings. The quantitative estimate of drug-likeness (QED) is 0.327. The first-order valence-corrected chi connectivity index (χ1v) is 12.4. The number of rotatable bonds is 9. The van der Waals surface area contributed by atoms with Crippen molar-refractivity contribution in [2.75, 3.05) is 7.11 Å². The summed E-state index contributed by atoms with van der Waals surface area (Å²) in [6, 6.07) is 1.50. The maximum Gasteiger partial charge on any atom is 0.328 e. The number of ether oxygens (including phenoxy) is 3. The molecule has 0 saturated heterocycles. The summed E-state index contributed by atoms with van der Waals surface area (Å²) in [5.74, 6) is -0.972. The van der Waals surface area contributed by atoms with Crippen LogP contribution >= 0.6 is 24.8 Å². The maximum atomic E-state index is 12.7. The van der Waals surface area contributed by atoms with Gasteiger partial charge < -0.3 is 25.7 Å². The SMILES string of the molecule is COc1cc(/C=C/C2=CC(=O)[C@H]3C[C@@H]2C3(C)C)cc(OC(=O)[C@@H](N)C(C)C)c1OC(=O)C(N)C(C)C.Cl.Cl. The standard InChI is InChI=1S/C28H38N2O6.2ClH/c1-14(2)23(29)26(32)35-22-11-16(8-9-17-12-20(31)19-13-18(17)28(19,5)6)10-21(34-7)25(22)36-27(33)24(30)15(3)4;;/h8-12,14-15,18-19,23-24H,13,29-30H2,1-7H3;2*1H/b9-8+;;/t18-,19+,23-,24?;;/m0../s1. The zero-order valence-electron chi connectivity index (χ0n) is 23.0. The molecule has 0 spiro atoms. The molecule has 0 radical (unpaired) electrons. The van der Waals surface area contributed by atoms with Crippen molar-refractivity contribution in [3.8, 4) is 17.2 Å². The lowest BCUT2D eigenvalue weighted by molar-refractivity contribution is -0.139. The normalized spacial score (nSPS) is 21.0. The van der Waals surface area contributed by atoms with E-state index in [1.54, 1.807) is 45.9 Å². The minimum absolute atomic E-state index is 0. The molecule has 1 fully saturated rings. The second-order valence-electron chi connectivity index (χ2n) is 11.0. The third-order valence-electron chi connectivity index (χ3n) is 7.45. The zero-order chi connectivity index (χ0) is 26.9. The Morgan fingerprint density at radius 1 is 0.921 bits per heavy atom. The zero-order valence-corrected chi connectivity index (χ0v) is 24.6. The first kappa shape index (κ1) is 33.6. The number of ketones is 1. The third kappa shape index (κ3) is 6.78. The molecule has 0 heterocycles. The number of allylic oxidation sites excluding steroid dienone is 3. The largest absolute Gasteiger partial charge is 0.493 e. The number of carbonyl (C=O) groups is 3. The molecule has 38 heavy (non-hydrogen) atoms. The number of methoxy groups -OCH3 is 1. The van der Waals surface area contributed by atoms with Gasteiger partial charge in [-0.3, -0.25) is 4.79 Å². The second kappa shape index (κ2) is 13.1. The highest BCUT2D eigenvalue weighted by atomic mass is 35.5. The van der Waals surface area contributed by atoms with Gasteiger partial charge in [0, 0.05) is 5.92 Å². The van der Waals surface area contributed by atoms with E-state index in [9.17, 15) is 14.4 Å². The van der Waals surface area contributed by atoms with Crippen LogP contribution in [0.4, 0.5) is 0 Å². The molecule has 0 aliphatic heterocycles. The molecule has 2 bridgehead atoms. The topological polar surface area (TPSA) is 131 Å². The third-order valence-corrected chi connectivity index (χ3v) is 7.45. The molecule has 212 valence electrons. The highest BCUT2D eigenvalue weighted by molar-refractivity contribution is 5.96. The Hall–Kier alpha value is -2.39. The summed E-state index contributed by atoms with van der Waals surface area (Å²) in [6.45, 7) is 11.5. The summed E-state index contributed by atoms with van der Waals surface area (Å²) >= 11 is 0. The molecule has 1 aromatic carbocycles. The van der Waals surface area contributed by atoms with Crippen molar-refractivity contribution in [2.45, 2.75) is 60.0 Å². The van der Waals surface area contributed by atoms with E-state index < -0.39 is 24.0 Å². The number of esters is 2. The summed E-state index contributed by atoms with van der Waals surface area (Å²) in [5, 5.41) is 0. The first-order valence-electron chi connectivity index (χ1n) is 12.4. The maximum absolute atomic E-state index is 12.7. The van der Waals surface area contributed by atoms with E-state index in [4.69, 9.17) is 25.7 Å². The van der Waals surface area contributed by atoms with Crippen molar-refractivity contribution < 1.29 is 28.6 Å². The molecule has 3 aliphatic carbocycles. The van der Waals surface area contributed by atoms with Crippen LogP contribution in [0.5, 0.6) is 17.2 Å². The minimum Gasteiger partial charge on any atom is -0.493 e. The van der Waals surface area contributed by atoms with Gasteiger partial charge in [-0.1, -0.05) is 53.7 Å². The van der Waals surface area contributed by atoms with Gasteiger partial charge in [-0.15, -0.1) is 24.8 Å². The average molecular weight is 572 g/mol.